The molecule has 0 radical (unpaired) electrons. The summed E-state index contributed by atoms with van der Waals surface area (Å²) in [5, 5.41) is 5.07. The van der Waals surface area contributed by atoms with Gasteiger partial charge < -0.3 is 21.1 Å². The second kappa shape index (κ2) is 7.91. The summed E-state index contributed by atoms with van der Waals surface area (Å²) in [6, 6.07) is 11.6. The van der Waals surface area contributed by atoms with Crippen LogP contribution in [0.25, 0.3) is 0 Å². The Labute approximate surface area is 136 Å². The number of carbonyl (C=O) groups is 2. The van der Waals surface area contributed by atoms with Gasteiger partial charge in [0.2, 0.25) is 5.91 Å². The van der Waals surface area contributed by atoms with Gasteiger partial charge in [0, 0.05) is 11.4 Å². The predicted octanol–water partition coefficient (Wildman–Crippen LogP) is 2.96. The Bertz CT molecular complexity index is 721. The first kappa shape index (κ1) is 17.2. The highest BCUT2D eigenvalue weighted by atomic mass is 19.3. The molecule has 6 nitrogen and oxygen atoms in total. The van der Waals surface area contributed by atoms with E-state index in [-0.39, 0.29) is 18.1 Å². The van der Waals surface area contributed by atoms with Crippen molar-refractivity contribution in [1.29, 1.82) is 0 Å². The molecular formula is C16H15F2N3O3. The summed E-state index contributed by atoms with van der Waals surface area (Å²) in [4.78, 5) is 22.8. The highest BCUT2D eigenvalue weighted by molar-refractivity contribution is 5.94. The highest BCUT2D eigenvalue weighted by Gasteiger charge is 2.07. The van der Waals surface area contributed by atoms with Crippen molar-refractivity contribution in [3.63, 3.8) is 0 Å². The first-order chi connectivity index (χ1) is 11.4. The van der Waals surface area contributed by atoms with Gasteiger partial charge in [0.1, 0.15) is 5.75 Å². The Balaban J connectivity index is 1.94. The summed E-state index contributed by atoms with van der Waals surface area (Å²) in [6.45, 7) is -2.89. The summed E-state index contributed by atoms with van der Waals surface area (Å²) in [6.07, 6.45) is 0.0580. The minimum absolute atomic E-state index is 0.0272. The predicted molar refractivity (Wildman–Crippen MR) is 85.1 cm³/mol. The van der Waals surface area contributed by atoms with Crippen LogP contribution >= 0.6 is 0 Å². The lowest BCUT2D eigenvalue weighted by molar-refractivity contribution is -0.115. The third kappa shape index (κ3) is 5.56. The van der Waals surface area contributed by atoms with Crippen LogP contribution < -0.4 is 21.1 Å². The molecule has 2 aromatic rings. The zero-order valence-electron chi connectivity index (χ0n) is 12.5. The number of alkyl halides is 2. The van der Waals surface area contributed by atoms with E-state index in [1.165, 1.54) is 24.3 Å². The molecule has 4 N–H and O–H groups in total. The molecule has 24 heavy (non-hydrogen) atoms. The maximum atomic E-state index is 12.1. The average molecular weight is 335 g/mol. The number of rotatable bonds is 6. The molecule has 0 unspecified atom stereocenters. The summed E-state index contributed by atoms with van der Waals surface area (Å²) >= 11 is 0. The number of nitrogens with one attached hydrogen (secondary N) is 2. The smallest absolute Gasteiger partial charge is 0.387 e. The van der Waals surface area contributed by atoms with Gasteiger partial charge in [-0.05, 0) is 35.9 Å². The van der Waals surface area contributed by atoms with E-state index in [9.17, 15) is 18.4 Å². The first-order valence-electron chi connectivity index (χ1n) is 6.92. The number of benzene rings is 2. The molecule has 0 saturated heterocycles. The third-order valence-electron chi connectivity index (χ3n) is 2.93. The molecule has 0 heterocycles. The van der Waals surface area contributed by atoms with Crippen molar-refractivity contribution in [2.45, 2.75) is 13.0 Å². The van der Waals surface area contributed by atoms with Crippen LogP contribution in [0.3, 0.4) is 0 Å². The SMILES string of the molecule is NC(=O)Nc1cccc(NC(=O)Cc2ccc(OC(F)F)cc2)c1. The topological polar surface area (TPSA) is 93.5 Å². The fraction of sp³-hybridized carbons (Fsp3) is 0.125. The van der Waals surface area contributed by atoms with E-state index in [4.69, 9.17) is 5.73 Å². The number of primary amides is 1. The number of anilines is 2. The van der Waals surface area contributed by atoms with Crippen LogP contribution in [-0.4, -0.2) is 18.5 Å². The Morgan fingerprint density at radius 3 is 2.25 bits per heavy atom. The molecule has 0 aliphatic heterocycles. The maximum Gasteiger partial charge on any atom is 0.387 e. The lowest BCUT2D eigenvalue weighted by Crippen LogP contribution is -2.19. The zero-order valence-corrected chi connectivity index (χ0v) is 12.5. The van der Waals surface area contributed by atoms with E-state index in [2.05, 4.69) is 15.4 Å². The Morgan fingerprint density at radius 1 is 1.04 bits per heavy atom. The van der Waals surface area contributed by atoms with Gasteiger partial charge in [-0.1, -0.05) is 18.2 Å². The van der Waals surface area contributed by atoms with Crippen LogP contribution in [0.2, 0.25) is 0 Å². The molecular weight excluding hydrogens is 320 g/mol. The molecule has 0 atom stereocenters. The molecule has 3 amide bonds. The number of urea groups is 1. The lowest BCUT2D eigenvalue weighted by atomic mass is 10.1. The van der Waals surface area contributed by atoms with Crippen molar-refractivity contribution in [3.8, 4) is 5.75 Å². The molecule has 2 aromatic carbocycles. The fourth-order valence-electron chi connectivity index (χ4n) is 2.00. The molecule has 0 saturated carbocycles. The van der Waals surface area contributed by atoms with Crippen molar-refractivity contribution < 1.29 is 23.1 Å². The number of carbonyl (C=O) groups excluding carboxylic acids is 2. The van der Waals surface area contributed by atoms with Gasteiger partial charge in [-0.15, -0.1) is 0 Å². The van der Waals surface area contributed by atoms with Crippen molar-refractivity contribution in [1.82, 2.24) is 0 Å². The minimum Gasteiger partial charge on any atom is -0.435 e. The average Bonchev–Trinajstić information content (AvgIpc) is 2.48. The number of amides is 3. The van der Waals surface area contributed by atoms with Crippen LogP contribution in [-0.2, 0) is 11.2 Å². The minimum atomic E-state index is -2.89. The van der Waals surface area contributed by atoms with Gasteiger partial charge in [0.25, 0.3) is 0 Å². The monoisotopic (exact) mass is 335 g/mol. The summed E-state index contributed by atoms with van der Waals surface area (Å²) in [5.74, 6) is -0.270. The first-order valence-corrected chi connectivity index (χ1v) is 6.92. The maximum absolute atomic E-state index is 12.1. The molecule has 0 aliphatic rings. The second-order valence-electron chi connectivity index (χ2n) is 4.82. The van der Waals surface area contributed by atoms with Crippen molar-refractivity contribution in [3.05, 3.63) is 54.1 Å². The normalized spacial score (nSPS) is 10.3. The standard InChI is InChI=1S/C16H15F2N3O3/c17-15(18)24-13-6-4-10(5-7-13)8-14(22)20-11-2-1-3-12(9-11)21-16(19)23/h1-7,9,15H,8H2,(H,20,22)(H3,19,21,23). The van der Waals surface area contributed by atoms with E-state index < -0.39 is 12.6 Å². The van der Waals surface area contributed by atoms with Crippen LogP contribution in [0.4, 0.5) is 25.0 Å². The van der Waals surface area contributed by atoms with Crippen molar-refractivity contribution in [2.24, 2.45) is 5.73 Å². The number of ether oxygens (including phenoxy) is 1. The van der Waals surface area contributed by atoms with Gasteiger partial charge in [0.15, 0.2) is 0 Å². The zero-order chi connectivity index (χ0) is 17.5. The van der Waals surface area contributed by atoms with E-state index in [1.807, 2.05) is 0 Å². The summed E-state index contributed by atoms with van der Waals surface area (Å²) in [5.41, 5.74) is 6.61. The second-order valence-corrected chi connectivity index (χ2v) is 4.82. The number of hydrogen-bond donors (Lipinski definition) is 3. The van der Waals surface area contributed by atoms with E-state index in [1.54, 1.807) is 24.3 Å². The van der Waals surface area contributed by atoms with Gasteiger partial charge >= 0.3 is 12.6 Å². The van der Waals surface area contributed by atoms with Crippen LogP contribution in [0, 0.1) is 0 Å². The number of nitrogens with two attached hydrogens (primary N) is 1. The van der Waals surface area contributed by atoms with Crippen molar-refractivity contribution in [2.75, 3.05) is 10.6 Å². The molecule has 2 rings (SSSR count). The molecule has 0 bridgehead atoms. The largest absolute Gasteiger partial charge is 0.435 e. The van der Waals surface area contributed by atoms with E-state index in [0.717, 1.165) is 0 Å². The molecule has 0 spiro atoms. The Kier molecular flexibility index (Phi) is 5.67. The summed E-state index contributed by atoms with van der Waals surface area (Å²) < 4.78 is 28.4. The van der Waals surface area contributed by atoms with Crippen LogP contribution in [0.1, 0.15) is 5.56 Å². The van der Waals surface area contributed by atoms with Crippen molar-refractivity contribution >= 4 is 23.3 Å². The third-order valence-corrected chi connectivity index (χ3v) is 2.93. The van der Waals surface area contributed by atoms with E-state index >= 15 is 0 Å². The molecule has 126 valence electrons. The van der Waals surface area contributed by atoms with Crippen LogP contribution in [0.15, 0.2) is 48.5 Å². The van der Waals surface area contributed by atoms with Gasteiger partial charge in [-0.3, -0.25) is 4.79 Å². The van der Waals surface area contributed by atoms with Gasteiger partial charge in [-0.2, -0.15) is 8.78 Å². The lowest BCUT2D eigenvalue weighted by Gasteiger charge is -2.08. The molecule has 0 aromatic heterocycles. The number of halogens is 2. The van der Waals surface area contributed by atoms with Gasteiger partial charge in [0.05, 0.1) is 6.42 Å². The Hall–Kier alpha value is -3.16. The molecule has 0 aliphatic carbocycles. The van der Waals surface area contributed by atoms with Crippen LogP contribution in [0.5, 0.6) is 5.75 Å². The van der Waals surface area contributed by atoms with E-state index in [0.29, 0.717) is 16.9 Å². The Morgan fingerprint density at radius 2 is 1.67 bits per heavy atom. The highest BCUT2D eigenvalue weighted by Crippen LogP contribution is 2.17. The number of hydrogen-bond acceptors (Lipinski definition) is 3. The molecule has 8 heteroatoms. The fourth-order valence-corrected chi connectivity index (χ4v) is 2.00. The summed E-state index contributed by atoms with van der Waals surface area (Å²) in [7, 11) is 0. The van der Waals surface area contributed by atoms with Gasteiger partial charge in [-0.25, -0.2) is 4.79 Å². The quantitative estimate of drug-likeness (QED) is 0.757. The molecule has 0 fully saturated rings.